The highest BCUT2D eigenvalue weighted by molar-refractivity contribution is 7.10. The molecule has 1 aromatic heterocycles. The Labute approximate surface area is 113 Å². The second kappa shape index (κ2) is 5.25. The highest BCUT2D eigenvalue weighted by atomic mass is 32.1. The molecule has 2 rings (SSSR count). The summed E-state index contributed by atoms with van der Waals surface area (Å²) in [5, 5.41) is 12.4. The summed E-state index contributed by atoms with van der Waals surface area (Å²) in [7, 11) is 0. The zero-order valence-electron chi connectivity index (χ0n) is 11.4. The number of thiophene rings is 1. The lowest BCUT2D eigenvalue weighted by Crippen LogP contribution is -2.05. The Morgan fingerprint density at radius 3 is 2.17 bits per heavy atom. The van der Waals surface area contributed by atoms with Crippen molar-refractivity contribution >= 4 is 11.3 Å². The molecule has 1 aromatic carbocycles. The molecule has 18 heavy (non-hydrogen) atoms. The van der Waals surface area contributed by atoms with Crippen molar-refractivity contribution in [2.24, 2.45) is 0 Å². The topological polar surface area (TPSA) is 20.2 Å². The predicted octanol–water partition coefficient (Wildman–Crippen LogP) is 4.26. The van der Waals surface area contributed by atoms with Crippen LogP contribution in [0.1, 0.15) is 38.8 Å². The molecular formula is C16H20OS. The van der Waals surface area contributed by atoms with E-state index in [9.17, 15) is 5.11 Å². The van der Waals surface area contributed by atoms with Gasteiger partial charge in [-0.15, -0.1) is 11.3 Å². The van der Waals surface area contributed by atoms with Crippen LogP contribution in [0.25, 0.3) is 0 Å². The van der Waals surface area contributed by atoms with Gasteiger partial charge in [0.25, 0.3) is 0 Å². The van der Waals surface area contributed by atoms with E-state index in [0.717, 1.165) is 4.88 Å². The van der Waals surface area contributed by atoms with Crippen LogP contribution in [-0.4, -0.2) is 5.11 Å². The molecule has 2 heteroatoms. The van der Waals surface area contributed by atoms with E-state index < -0.39 is 0 Å². The number of aliphatic hydroxyl groups excluding tert-OH is 1. The Morgan fingerprint density at radius 2 is 1.67 bits per heavy atom. The number of benzene rings is 1. The maximum atomic E-state index is 10.4. The predicted molar refractivity (Wildman–Crippen MR) is 78.4 cm³/mol. The average Bonchev–Trinajstić information content (AvgIpc) is 2.69. The minimum Gasteiger partial charge on any atom is -0.387 e. The summed E-state index contributed by atoms with van der Waals surface area (Å²) in [6.07, 6.45) is 0.323. The molecule has 0 radical (unpaired) electrons. The van der Waals surface area contributed by atoms with Crippen LogP contribution >= 0.6 is 11.3 Å². The van der Waals surface area contributed by atoms with Gasteiger partial charge in [-0.05, 0) is 61.4 Å². The maximum absolute atomic E-state index is 10.4. The Morgan fingerprint density at radius 1 is 1.06 bits per heavy atom. The Bertz CT molecular complexity index is 531. The first-order valence-corrected chi connectivity index (χ1v) is 7.15. The molecule has 96 valence electrons. The van der Waals surface area contributed by atoms with E-state index in [1.165, 1.54) is 27.8 Å². The van der Waals surface area contributed by atoms with Crippen molar-refractivity contribution in [3.63, 3.8) is 0 Å². The lowest BCUT2D eigenvalue weighted by Gasteiger charge is -2.15. The van der Waals surface area contributed by atoms with Crippen molar-refractivity contribution in [1.29, 1.82) is 0 Å². The van der Waals surface area contributed by atoms with Gasteiger partial charge >= 0.3 is 0 Å². The van der Waals surface area contributed by atoms with Gasteiger partial charge in [-0.25, -0.2) is 0 Å². The van der Waals surface area contributed by atoms with E-state index in [1.54, 1.807) is 11.3 Å². The molecule has 1 nitrogen and oxygen atoms in total. The highest BCUT2D eigenvalue weighted by Gasteiger charge is 2.15. The van der Waals surface area contributed by atoms with Gasteiger partial charge in [0.2, 0.25) is 0 Å². The Balaban J connectivity index is 2.27. The van der Waals surface area contributed by atoms with Gasteiger partial charge in [0.05, 0.1) is 6.10 Å². The maximum Gasteiger partial charge on any atom is 0.0925 e. The van der Waals surface area contributed by atoms with Crippen LogP contribution in [0, 0.1) is 27.7 Å². The number of hydrogen-bond acceptors (Lipinski definition) is 2. The summed E-state index contributed by atoms with van der Waals surface area (Å²) in [6, 6.07) is 6.45. The van der Waals surface area contributed by atoms with Crippen molar-refractivity contribution in [1.82, 2.24) is 0 Å². The van der Waals surface area contributed by atoms with E-state index in [-0.39, 0.29) is 6.10 Å². The number of aliphatic hydroxyl groups is 1. The molecule has 1 unspecified atom stereocenters. The molecule has 2 aromatic rings. The first-order chi connectivity index (χ1) is 8.49. The average molecular weight is 260 g/mol. The van der Waals surface area contributed by atoms with E-state index >= 15 is 0 Å². The van der Waals surface area contributed by atoms with Crippen LogP contribution in [0.5, 0.6) is 0 Å². The zero-order chi connectivity index (χ0) is 13.3. The molecule has 0 aliphatic rings. The van der Waals surface area contributed by atoms with Crippen LogP contribution in [0.2, 0.25) is 0 Å². The lowest BCUT2D eigenvalue weighted by atomic mass is 9.94. The van der Waals surface area contributed by atoms with Crippen molar-refractivity contribution in [3.05, 3.63) is 56.3 Å². The van der Waals surface area contributed by atoms with Gasteiger partial charge in [-0.3, -0.25) is 0 Å². The van der Waals surface area contributed by atoms with E-state index in [0.29, 0.717) is 6.42 Å². The summed E-state index contributed by atoms with van der Waals surface area (Å²) in [4.78, 5) is 1.09. The van der Waals surface area contributed by atoms with Crippen LogP contribution in [0.3, 0.4) is 0 Å². The molecule has 0 bridgehead atoms. The standard InChI is InChI=1S/C16H20OS/c1-10-7-12(3)14(13(4)8-10)9-15(17)16-11(2)5-6-18-16/h5-8,15,17H,9H2,1-4H3. The zero-order valence-corrected chi connectivity index (χ0v) is 12.3. The molecule has 0 fully saturated rings. The second-order valence-corrected chi connectivity index (χ2v) is 6.01. The van der Waals surface area contributed by atoms with Gasteiger partial charge in [-0.2, -0.15) is 0 Å². The number of rotatable bonds is 3. The quantitative estimate of drug-likeness (QED) is 0.874. The lowest BCUT2D eigenvalue weighted by molar-refractivity contribution is 0.181. The first-order valence-electron chi connectivity index (χ1n) is 6.28. The van der Waals surface area contributed by atoms with E-state index in [4.69, 9.17) is 0 Å². The minimum absolute atomic E-state index is 0.384. The van der Waals surface area contributed by atoms with Gasteiger partial charge in [-0.1, -0.05) is 17.7 Å². The largest absolute Gasteiger partial charge is 0.387 e. The molecule has 0 saturated carbocycles. The summed E-state index contributed by atoms with van der Waals surface area (Å²) in [5.41, 5.74) is 6.31. The minimum atomic E-state index is -0.384. The van der Waals surface area contributed by atoms with Crippen LogP contribution in [0.15, 0.2) is 23.6 Å². The number of hydrogen-bond donors (Lipinski definition) is 1. The molecule has 0 amide bonds. The molecule has 1 atom stereocenters. The molecule has 0 spiro atoms. The fourth-order valence-corrected chi connectivity index (χ4v) is 3.46. The smallest absolute Gasteiger partial charge is 0.0925 e. The molecule has 1 heterocycles. The Hall–Kier alpha value is -1.12. The summed E-state index contributed by atoms with van der Waals surface area (Å²) < 4.78 is 0. The third-order valence-electron chi connectivity index (χ3n) is 3.44. The normalized spacial score (nSPS) is 12.7. The fourth-order valence-electron chi connectivity index (χ4n) is 2.54. The third-order valence-corrected chi connectivity index (χ3v) is 4.56. The van der Waals surface area contributed by atoms with E-state index in [2.05, 4.69) is 45.9 Å². The van der Waals surface area contributed by atoms with Crippen LogP contribution < -0.4 is 0 Å². The van der Waals surface area contributed by atoms with Crippen molar-refractivity contribution < 1.29 is 5.11 Å². The molecule has 1 N–H and O–H groups in total. The van der Waals surface area contributed by atoms with Gasteiger partial charge in [0.15, 0.2) is 0 Å². The van der Waals surface area contributed by atoms with Gasteiger partial charge < -0.3 is 5.11 Å². The number of aryl methyl sites for hydroxylation is 4. The highest BCUT2D eigenvalue weighted by Crippen LogP contribution is 2.29. The summed E-state index contributed by atoms with van der Waals surface area (Å²) in [5.74, 6) is 0. The molecular weight excluding hydrogens is 240 g/mol. The van der Waals surface area contributed by atoms with Crippen molar-refractivity contribution in [3.8, 4) is 0 Å². The second-order valence-electron chi connectivity index (χ2n) is 5.07. The van der Waals surface area contributed by atoms with Crippen molar-refractivity contribution in [2.75, 3.05) is 0 Å². The fraction of sp³-hybridized carbons (Fsp3) is 0.375. The van der Waals surface area contributed by atoms with E-state index in [1.807, 2.05) is 5.38 Å². The monoisotopic (exact) mass is 260 g/mol. The van der Waals surface area contributed by atoms with Crippen LogP contribution in [-0.2, 0) is 6.42 Å². The summed E-state index contributed by atoms with van der Waals surface area (Å²) in [6.45, 7) is 8.43. The van der Waals surface area contributed by atoms with Gasteiger partial charge in [0, 0.05) is 11.3 Å². The molecule has 0 aliphatic heterocycles. The molecule has 0 saturated heterocycles. The van der Waals surface area contributed by atoms with Crippen molar-refractivity contribution in [2.45, 2.75) is 40.2 Å². The summed E-state index contributed by atoms with van der Waals surface area (Å²) >= 11 is 1.64. The third kappa shape index (κ3) is 2.65. The molecule has 0 aliphatic carbocycles. The Kier molecular flexibility index (Phi) is 3.88. The first kappa shape index (κ1) is 13.3. The van der Waals surface area contributed by atoms with Gasteiger partial charge in [0.1, 0.15) is 0 Å². The SMILES string of the molecule is Cc1cc(C)c(CC(O)c2sccc2C)c(C)c1. The van der Waals surface area contributed by atoms with Crippen LogP contribution in [0.4, 0.5) is 0 Å².